The molecule has 0 saturated carbocycles. The molecule has 0 fully saturated rings. The van der Waals surface area contributed by atoms with Crippen LogP contribution >= 0.6 is 23.2 Å². The molecule has 2 aromatic heterocycles. The van der Waals surface area contributed by atoms with Gasteiger partial charge in [0.25, 0.3) is 0 Å². The van der Waals surface area contributed by atoms with E-state index in [1.165, 1.54) is 0 Å². The molecular formula is C19H15Cl2N3. The molecule has 120 valence electrons. The van der Waals surface area contributed by atoms with Crippen molar-refractivity contribution in [1.29, 1.82) is 0 Å². The van der Waals surface area contributed by atoms with Gasteiger partial charge in [0.2, 0.25) is 0 Å². The summed E-state index contributed by atoms with van der Waals surface area (Å²) in [5, 5.41) is 1.19. The second-order valence-corrected chi connectivity index (χ2v) is 5.96. The van der Waals surface area contributed by atoms with Crippen LogP contribution in [0.25, 0.3) is 34.8 Å². The Bertz CT molecular complexity index is 926. The highest BCUT2D eigenvalue weighted by atomic mass is 35.5. The molecule has 0 aliphatic rings. The van der Waals surface area contributed by atoms with E-state index in [1.54, 1.807) is 30.5 Å². The van der Waals surface area contributed by atoms with Gasteiger partial charge in [0.05, 0.1) is 22.1 Å². The quantitative estimate of drug-likeness (QED) is 0.612. The van der Waals surface area contributed by atoms with Crippen LogP contribution in [-0.2, 0) is 0 Å². The van der Waals surface area contributed by atoms with Crippen LogP contribution in [0.5, 0.6) is 0 Å². The highest BCUT2D eigenvalue weighted by molar-refractivity contribution is 6.35. The Kier molecular flexibility index (Phi) is 4.84. The molecule has 0 amide bonds. The van der Waals surface area contributed by atoms with Crippen molar-refractivity contribution in [3.63, 3.8) is 0 Å². The minimum Gasteiger partial charge on any atom is -0.338 e. The number of rotatable bonds is 4. The maximum Gasteiger partial charge on any atom is 0.140 e. The maximum atomic E-state index is 6.35. The van der Waals surface area contributed by atoms with Gasteiger partial charge in [-0.3, -0.25) is 4.98 Å². The van der Waals surface area contributed by atoms with Crippen molar-refractivity contribution in [1.82, 2.24) is 15.0 Å². The summed E-state index contributed by atoms with van der Waals surface area (Å²) in [7, 11) is 0. The minimum atomic E-state index is 0.587. The van der Waals surface area contributed by atoms with Gasteiger partial charge in [-0.15, -0.1) is 0 Å². The molecule has 3 aromatic rings. The Morgan fingerprint density at radius 3 is 2.75 bits per heavy atom. The molecule has 3 nitrogen and oxygen atoms in total. The largest absolute Gasteiger partial charge is 0.338 e. The first kappa shape index (κ1) is 16.5. The lowest BCUT2D eigenvalue weighted by Gasteiger charge is -2.08. The van der Waals surface area contributed by atoms with E-state index in [1.807, 2.05) is 31.2 Å². The third-order valence-electron chi connectivity index (χ3n) is 3.53. The Labute approximate surface area is 150 Å². The summed E-state index contributed by atoms with van der Waals surface area (Å²) >= 11 is 12.5. The van der Waals surface area contributed by atoms with Gasteiger partial charge in [0.15, 0.2) is 0 Å². The number of imidazole rings is 1. The molecule has 0 bridgehead atoms. The van der Waals surface area contributed by atoms with E-state index in [-0.39, 0.29) is 0 Å². The first-order chi connectivity index (χ1) is 11.6. The van der Waals surface area contributed by atoms with Crippen LogP contribution < -0.4 is 0 Å². The zero-order chi connectivity index (χ0) is 17.1. The van der Waals surface area contributed by atoms with Crippen molar-refractivity contribution in [3.05, 3.63) is 70.6 Å². The van der Waals surface area contributed by atoms with Crippen LogP contribution in [0.1, 0.15) is 18.3 Å². The number of nitrogens with zero attached hydrogens (tertiary/aromatic N) is 2. The van der Waals surface area contributed by atoms with E-state index in [0.29, 0.717) is 15.9 Å². The fraction of sp³-hybridized carbons (Fsp3) is 0.0526. The normalized spacial score (nSPS) is 11.1. The van der Waals surface area contributed by atoms with E-state index >= 15 is 0 Å². The molecule has 2 heterocycles. The minimum absolute atomic E-state index is 0.587. The summed E-state index contributed by atoms with van der Waals surface area (Å²) in [5.74, 6) is 0.706. The summed E-state index contributed by atoms with van der Waals surface area (Å²) in [6, 6.07) is 9.14. The monoisotopic (exact) mass is 355 g/mol. The van der Waals surface area contributed by atoms with Gasteiger partial charge in [-0.1, -0.05) is 35.9 Å². The molecule has 5 heteroatoms. The van der Waals surface area contributed by atoms with Crippen molar-refractivity contribution in [2.75, 3.05) is 0 Å². The number of aromatic amines is 1. The summed E-state index contributed by atoms with van der Waals surface area (Å²) in [4.78, 5) is 12.4. The highest BCUT2D eigenvalue weighted by Crippen LogP contribution is 2.35. The average molecular weight is 356 g/mol. The third-order valence-corrected chi connectivity index (χ3v) is 4.10. The maximum absolute atomic E-state index is 6.35. The molecule has 0 radical (unpaired) electrons. The topological polar surface area (TPSA) is 41.6 Å². The van der Waals surface area contributed by atoms with Crippen LogP contribution in [0, 0.1) is 0 Å². The van der Waals surface area contributed by atoms with Crippen molar-refractivity contribution < 1.29 is 0 Å². The average Bonchev–Trinajstić information content (AvgIpc) is 3.00. The summed E-state index contributed by atoms with van der Waals surface area (Å²) < 4.78 is 0. The van der Waals surface area contributed by atoms with E-state index in [2.05, 4.69) is 21.5 Å². The molecule has 0 unspecified atom stereocenters. The van der Waals surface area contributed by atoms with Crippen LogP contribution in [0.15, 0.2) is 49.2 Å². The molecule has 3 rings (SSSR count). The fourth-order valence-corrected chi connectivity index (χ4v) is 2.85. The Balaban J connectivity index is 2.20. The second-order valence-electron chi connectivity index (χ2n) is 5.11. The molecule has 24 heavy (non-hydrogen) atoms. The van der Waals surface area contributed by atoms with Crippen molar-refractivity contribution in [2.24, 2.45) is 0 Å². The van der Waals surface area contributed by atoms with Crippen LogP contribution in [0.4, 0.5) is 0 Å². The zero-order valence-electron chi connectivity index (χ0n) is 13.1. The van der Waals surface area contributed by atoms with Gasteiger partial charge in [-0.05, 0) is 49.4 Å². The number of halogens is 2. The number of pyridine rings is 1. The van der Waals surface area contributed by atoms with Crippen molar-refractivity contribution >= 4 is 35.4 Å². The Morgan fingerprint density at radius 1 is 1.17 bits per heavy atom. The van der Waals surface area contributed by atoms with Crippen LogP contribution in [0.2, 0.25) is 10.0 Å². The van der Waals surface area contributed by atoms with Gasteiger partial charge >= 0.3 is 0 Å². The number of nitrogens with one attached hydrogen (secondary N) is 1. The number of hydrogen-bond acceptors (Lipinski definition) is 2. The van der Waals surface area contributed by atoms with Gasteiger partial charge in [0, 0.05) is 22.3 Å². The van der Waals surface area contributed by atoms with Gasteiger partial charge < -0.3 is 4.98 Å². The van der Waals surface area contributed by atoms with Gasteiger partial charge in [-0.25, -0.2) is 4.98 Å². The molecule has 0 saturated heterocycles. The Hall–Kier alpha value is -2.36. The standard InChI is InChI=1S/C19H15Cl2N3/c1-3-6-17-16(4-2)23-19(24-17)13-7-5-10-22-18(13)14-11-12(20)8-9-15(14)21/h3-11H,2H2,1H3,(H,23,24)/b6-3-. The summed E-state index contributed by atoms with van der Waals surface area (Å²) in [6.07, 6.45) is 7.34. The van der Waals surface area contributed by atoms with Crippen molar-refractivity contribution in [2.45, 2.75) is 6.92 Å². The lowest BCUT2D eigenvalue weighted by molar-refractivity contribution is 1.26. The predicted octanol–water partition coefficient (Wildman–Crippen LogP) is 6.12. The third kappa shape index (κ3) is 3.14. The molecular weight excluding hydrogens is 341 g/mol. The molecule has 0 spiro atoms. The lowest BCUT2D eigenvalue weighted by Crippen LogP contribution is -1.91. The molecule has 1 N–H and O–H groups in total. The smallest absolute Gasteiger partial charge is 0.140 e. The van der Waals surface area contributed by atoms with E-state index < -0.39 is 0 Å². The SMILES string of the molecule is C=Cc1nc(-c2cccnc2-c2cc(Cl)ccc2Cl)[nH]c1/C=C\C. The number of aromatic nitrogens is 3. The first-order valence-corrected chi connectivity index (χ1v) is 8.15. The van der Waals surface area contributed by atoms with E-state index in [4.69, 9.17) is 23.2 Å². The van der Waals surface area contributed by atoms with Gasteiger partial charge in [-0.2, -0.15) is 0 Å². The molecule has 0 aliphatic carbocycles. The number of allylic oxidation sites excluding steroid dienone is 1. The number of hydrogen-bond donors (Lipinski definition) is 1. The van der Waals surface area contributed by atoms with Crippen LogP contribution in [0.3, 0.4) is 0 Å². The number of benzene rings is 1. The van der Waals surface area contributed by atoms with Crippen LogP contribution in [-0.4, -0.2) is 15.0 Å². The second kappa shape index (κ2) is 7.04. The predicted molar refractivity (Wildman–Crippen MR) is 102 cm³/mol. The van der Waals surface area contributed by atoms with E-state index in [0.717, 1.165) is 28.2 Å². The molecule has 0 aliphatic heterocycles. The van der Waals surface area contributed by atoms with E-state index in [9.17, 15) is 0 Å². The molecule has 1 aromatic carbocycles. The Morgan fingerprint density at radius 2 is 2.00 bits per heavy atom. The van der Waals surface area contributed by atoms with Gasteiger partial charge in [0.1, 0.15) is 5.82 Å². The number of H-pyrrole nitrogens is 1. The summed E-state index contributed by atoms with van der Waals surface area (Å²) in [5.41, 5.74) is 4.02. The summed E-state index contributed by atoms with van der Waals surface area (Å²) in [6.45, 7) is 5.77. The molecule has 0 atom stereocenters. The van der Waals surface area contributed by atoms with Crippen molar-refractivity contribution in [3.8, 4) is 22.6 Å². The zero-order valence-corrected chi connectivity index (χ0v) is 14.6. The highest BCUT2D eigenvalue weighted by Gasteiger charge is 2.15. The first-order valence-electron chi connectivity index (χ1n) is 7.40. The fourth-order valence-electron chi connectivity index (χ4n) is 2.47. The lowest BCUT2D eigenvalue weighted by atomic mass is 10.1.